The van der Waals surface area contributed by atoms with Crippen molar-refractivity contribution >= 4 is 15.9 Å². The lowest BCUT2D eigenvalue weighted by Crippen LogP contribution is -2.30. The van der Waals surface area contributed by atoms with E-state index in [-0.39, 0.29) is 11.9 Å². The first-order valence-corrected chi connectivity index (χ1v) is 6.86. The summed E-state index contributed by atoms with van der Waals surface area (Å²) in [6.45, 7) is 2.89. The molecule has 1 atom stereocenters. The van der Waals surface area contributed by atoms with Gasteiger partial charge < -0.3 is 4.57 Å². The van der Waals surface area contributed by atoms with Gasteiger partial charge in [0.1, 0.15) is 11.6 Å². The van der Waals surface area contributed by atoms with E-state index >= 15 is 0 Å². The highest BCUT2D eigenvalue weighted by atomic mass is 79.9. The molecule has 0 aliphatic rings. The van der Waals surface area contributed by atoms with Crippen LogP contribution < -0.4 is 11.3 Å². The van der Waals surface area contributed by atoms with E-state index in [1.165, 1.54) is 12.1 Å². The SMILES string of the molecule is CCn1ccnc1CC(NN)c1cc(F)ccc1Br. The van der Waals surface area contributed by atoms with Crippen molar-refractivity contribution in [2.24, 2.45) is 5.84 Å². The van der Waals surface area contributed by atoms with Gasteiger partial charge in [0.2, 0.25) is 0 Å². The molecule has 1 heterocycles. The van der Waals surface area contributed by atoms with Gasteiger partial charge in [0.25, 0.3) is 0 Å². The highest BCUT2D eigenvalue weighted by Gasteiger charge is 2.17. The largest absolute Gasteiger partial charge is 0.335 e. The second-order valence-corrected chi connectivity index (χ2v) is 5.07. The van der Waals surface area contributed by atoms with Crippen LogP contribution in [-0.4, -0.2) is 9.55 Å². The molecule has 102 valence electrons. The van der Waals surface area contributed by atoms with Gasteiger partial charge in [-0.1, -0.05) is 15.9 Å². The van der Waals surface area contributed by atoms with Crippen LogP contribution in [0.5, 0.6) is 0 Å². The molecule has 0 fully saturated rings. The molecular formula is C13H16BrFN4. The number of halogens is 2. The number of nitrogens with zero attached hydrogens (tertiary/aromatic N) is 2. The highest BCUT2D eigenvalue weighted by Crippen LogP contribution is 2.26. The van der Waals surface area contributed by atoms with Crippen molar-refractivity contribution in [3.8, 4) is 0 Å². The number of imidazole rings is 1. The fourth-order valence-electron chi connectivity index (χ4n) is 2.04. The predicted octanol–water partition coefficient (Wildman–Crippen LogP) is 2.55. The molecule has 1 aromatic carbocycles. The van der Waals surface area contributed by atoms with E-state index in [0.29, 0.717) is 6.42 Å². The molecule has 0 aliphatic carbocycles. The van der Waals surface area contributed by atoms with Gasteiger partial charge >= 0.3 is 0 Å². The lowest BCUT2D eigenvalue weighted by molar-refractivity contribution is 0.517. The van der Waals surface area contributed by atoms with E-state index in [4.69, 9.17) is 5.84 Å². The summed E-state index contributed by atoms with van der Waals surface area (Å²) < 4.78 is 16.2. The minimum atomic E-state index is -0.280. The number of hydrogen-bond donors (Lipinski definition) is 2. The number of benzene rings is 1. The third kappa shape index (κ3) is 3.20. The quantitative estimate of drug-likeness (QED) is 0.655. The van der Waals surface area contributed by atoms with Gasteiger partial charge in [-0.05, 0) is 30.7 Å². The van der Waals surface area contributed by atoms with Crippen LogP contribution in [0.25, 0.3) is 0 Å². The van der Waals surface area contributed by atoms with Gasteiger partial charge in [-0.3, -0.25) is 11.3 Å². The Morgan fingerprint density at radius 1 is 1.53 bits per heavy atom. The number of aromatic nitrogens is 2. The standard InChI is InChI=1S/C13H16BrFN4/c1-2-19-6-5-17-13(19)8-12(18-16)10-7-9(15)3-4-11(10)14/h3-7,12,18H,2,8,16H2,1H3. The Balaban J connectivity index is 2.27. The van der Waals surface area contributed by atoms with E-state index in [1.54, 1.807) is 12.3 Å². The molecule has 1 aromatic heterocycles. The van der Waals surface area contributed by atoms with Crippen LogP contribution in [0.3, 0.4) is 0 Å². The van der Waals surface area contributed by atoms with E-state index in [0.717, 1.165) is 22.4 Å². The van der Waals surface area contributed by atoms with Crippen LogP contribution in [0.2, 0.25) is 0 Å². The Hall–Kier alpha value is -1.24. The van der Waals surface area contributed by atoms with Gasteiger partial charge in [-0.25, -0.2) is 9.37 Å². The number of hydrazine groups is 1. The Morgan fingerprint density at radius 3 is 3.00 bits per heavy atom. The van der Waals surface area contributed by atoms with Crippen molar-refractivity contribution in [2.45, 2.75) is 25.9 Å². The zero-order chi connectivity index (χ0) is 13.8. The van der Waals surface area contributed by atoms with Gasteiger partial charge in [-0.2, -0.15) is 0 Å². The second kappa shape index (κ2) is 6.27. The average Bonchev–Trinajstić information content (AvgIpc) is 2.86. The van der Waals surface area contributed by atoms with Crippen LogP contribution in [0.1, 0.15) is 24.4 Å². The van der Waals surface area contributed by atoms with E-state index < -0.39 is 0 Å². The normalized spacial score (nSPS) is 12.6. The molecule has 0 amide bonds. The summed E-state index contributed by atoms with van der Waals surface area (Å²) >= 11 is 3.42. The maximum absolute atomic E-state index is 13.4. The lowest BCUT2D eigenvalue weighted by atomic mass is 10.0. The smallest absolute Gasteiger partial charge is 0.123 e. The van der Waals surface area contributed by atoms with Crippen molar-refractivity contribution in [2.75, 3.05) is 0 Å². The number of nitrogens with two attached hydrogens (primary N) is 1. The van der Waals surface area contributed by atoms with Crippen LogP contribution >= 0.6 is 15.9 Å². The summed E-state index contributed by atoms with van der Waals surface area (Å²) in [7, 11) is 0. The maximum Gasteiger partial charge on any atom is 0.123 e. The van der Waals surface area contributed by atoms with E-state index in [9.17, 15) is 4.39 Å². The average molecular weight is 327 g/mol. The molecule has 2 rings (SSSR count). The third-order valence-corrected chi connectivity index (χ3v) is 3.79. The van der Waals surface area contributed by atoms with Crippen molar-refractivity contribution in [3.05, 3.63) is 52.3 Å². The zero-order valence-electron chi connectivity index (χ0n) is 10.6. The summed E-state index contributed by atoms with van der Waals surface area (Å²) in [4.78, 5) is 4.31. The van der Waals surface area contributed by atoms with Crippen LogP contribution in [0, 0.1) is 5.82 Å². The van der Waals surface area contributed by atoms with Gasteiger partial charge in [-0.15, -0.1) is 0 Å². The number of rotatable bonds is 5. The van der Waals surface area contributed by atoms with Crippen molar-refractivity contribution in [3.63, 3.8) is 0 Å². The molecule has 0 saturated heterocycles. The summed E-state index contributed by atoms with van der Waals surface area (Å²) in [5, 5.41) is 0. The predicted molar refractivity (Wildman–Crippen MR) is 75.8 cm³/mol. The molecule has 4 nitrogen and oxygen atoms in total. The topological polar surface area (TPSA) is 55.9 Å². The lowest BCUT2D eigenvalue weighted by Gasteiger charge is -2.18. The summed E-state index contributed by atoms with van der Waals surface area (Å²) in [5.74, 6) is 6.24. The number of aryl methyl sites for hydroxylation is 1. The van der Waals surface area contributed by atoms with Crippen LogP contribution in [-0.2, 0) is 13.0 Å². The summed E-state index contributed by atoms with van der Waals surface area (Å²) in [5.41, 5.74) is 3.51. The summed E-state index contributed by atoms with van der Waals surface area (Å²) in [6, 6.07) is 4.38. The van der Waals surface area contributed by atoms with Gasteiger partial charge in [0.05, 0.1) is 6.04 Å². The molecule has 0 spiro atoms. The van der Waals surface area contributed by atoms with Gasteiger partial charge in [0.15, 0.2) is 0 Å². The molecule has 2 aromatic rings. The minimum Gasteiger partial charge on any atom is -0.335 e. The fourth-order valence-corrected chi connectivity index (χ4v) is 2.56. The van der Waals surface area contributed by atoms with Crippen molar-refractivity contribution < 1.29 is 4.39 Å². The van der Waals surface area contributed by atoms with Crippen molar-refractivity contribution in [1.82, 2.24) is 15.0 Å². The number of hydrogen-bond acceptors (Lipinski definition) is 3. The molecule has 0 aliphatic heterocycles. The van der Waals surface area contributed by atoms with Crippen LogP contribution in [0.15, 0.2) is 35.1 Å². The van der Waals surface area contributed by atoms with Crippen LogP contribution in [0.4, 0.5) is 4.39 Å². The van der Waals surface area contributed by atoms with E-state index in [2.05, 4.69) is 26.3 Å². The Labute approximate surface area is 119 Å². The Morgan fingerprint density at radius 2 is 2.32 bits per heavy atom. The second-order valence-electron chi connectivity index (χ2n) is 4.22. The number of nitrogens with one attached hydrogen (secondary N) is 1. The molecule has 1 unspecified atom stereocenters. The first-order chi connectivity index (χ1) is 9.15. The molecule has 0 saturated carbocycles. The zero-order valence-corrected chi connectivity index (χ0v) is 12.2. The van der Waals surface area contributed by atoms with E-state index in [1.807, 2.05) is 17.7 Å². The first kappa shape index (κ1) is 14.2. The molecule has 0 radical (unpaired) electrons. The molecule has 0 bridgehead atoms. The Bertz CT molecular complexity index is 555. The molecule has 19 heavy (non-hydrogen) atoms. The van der Waals surface area contributed by atoms with Gasteiger partial charge in [0, 0.05) is 29.8 Å². The first-order valence-electron chi connectivity index (χ1n) is 6.06. The fraction of sp³-hybridized carbons (Fsp3) is 0.308. The monoisotopic (exact) mass is 326 g/mol. The highest BCUT2D eigenvalue weighted by molar-refractivity contribution is 9.10. The Kier molecular flexibility index (Phi) is 4.68. The maximum atomic E-state index is 13.4. The molecular weight excluding hydrogens is 311 g/mol. The molecule has 3 N–H and O–H groups in total. The summed E-state index contributed by atoms with van der Waals surface area (Å²) in [6.07, 6.45) is 4.27. The van der Waals surface area contributed by atoms with Crippen molar-refractivity contribution in [1.29, 1.82) is 0 Å². The third-order valence-electron chi connectivity index (χ3n) is 3.06. The molecule has 6 heteroatoms. The minimum absolute atomic E-state index is 0.197.